The third kappa shape index (κ3) is 5.96. The lowest BCUT2D eigenvalue weighted by Gasteiger charge is -2.09. The van der Waals surface area contributed by atoms with Crippen molar-refractivity contribution in [3.8, 4) is 0 Å². The van der Waals surface area contributed by atoms with Gasteiger partial charge in [-0.3, -0.25) is 20.2 Å². The minimum absolute atomic E-state index is 0.107. The average Bonchev–Trinajstić information content (AvgIpc) is 2.77. The predicted molar refractivity (Wildman–Crippen MR) is 122 cm³/mol. The highest BCUT2D eigenvalue weighted by molar-refractivity contribution is 7.89. The van der Waals surface area contributed by atoms with Crippen LogP contribution in [0.3, 0.4) is 0 Å². The Morgan fingerprint density at radius 3 is 2.06 bits per heavy atom. The Morgan fingerprint density at radius 1 is 0.882 bits per heavy atom. The second-order valence-electron chi connectivity index (χ2n) is 7.07. The van der Waals surface area contributed by atoms with E-state index in [1.165, 1.54) is 6.92 Å². The maximum atomic E-state index is 12.5. The van der Waals surface area contributed by atoms with E-state index in [0.29, 0.717) is 17.5 Å². The van der Waals surface area contributed by atoms with Gasteiger partial charge in [0.1, 0.15) is 17.2 Å². The lowest BCUT2D eigenvalue weighted by molar-refractivity contribution is -0.395. The van der Waals surface area contributed by atoms with E-state index < -0.39 is 36.1 Å². The number of hydrogen-bond donors (Lipinski definition) is 3. The topological polar surface area (TPSA) is 195 Å². The van der Waals surface area contributed by atoms with E-state index in [1.54, 1.807) is 18.3 Å². The van der Waals surface area contributed by atoms with Gasteiger partial charge in [0, 0.05) is 31.4 Å². The van der Waals surface area contributed by atoms with Gasteiger partial charge in [-0.15, -0.1) is 10.2 Å². The molecule has 0 saturated heterocycles. The molecule has 2 aromatic heterocycles. The number of nitrogens with zero attached hydrogens (tertiary/aromatic N) is 5. The number of sulfonamides is 1. The summed E-state index contributed by atoms with van der Waals surface area (Å²) in [4.78, 5) is 24.2. The number of aryl methyl sites for hydroxylation is 1. The number of anilines is 3. The van der Waals surface area contributed by atoms with Gasteiger partial charge in [-0.2, -0.15) is 0 Å². The molecule has 0 aliphatic heterocycles. The maximum Gasteiger partial charge on any atom is 0.280 e. The highest BCUT2D eigenvalue weighted by Gasteiger charge is 2.27. The fourth-order valence-electron chi connectivity index (χ4n) is 2.88. The van der Waals surface area contributed by atoms with Gasteiger partial charge in [0.15, 0.2) is 5.82 Å². The van der Waals surface area contributed by atoms with Crippen LogP contribution in [0.2, 0.25) is 0 Å². The maximum absolute atomic E-state index is 12.5. The zero-order valence-corrected chi connectivity index (χ0v) is 18.9. The van der Waals surface area contributed by atoms with Crippen molar-refractivity contribution < 1.29 is 18.3 Å². The summed E-state index contributed by atoms with van der Waals surface area (Å²) in [5.74, 6) is 1.46. The summed E-state index contributed by atoms with van der Waals surface area (Å²) < 4.78 is 27.3. The molecule has 34 heavy (non-hydrogen) atoms. The van der Waals surface area contributed by atoms with E-state index in [1.807, 2.05) is 19.1 Å². The van der Waals surface area contributed by atoms with Crippen molar-refractivity contribution in [2.45, 2.75) is 18.7 Å². The van der Waals surface area contributed by atoms with Gasteiger partial charge in [-0.05, 0) is 43.7 Å². The van der Waals surface area contributed by atoms with Crippen LogP contribution in [0.5, 0.6) is 0 Å². The second-order valence-corrected chi connectivity index (χ2v) is 8.84. The molecule has 0 aliphatic carbocycles. The first-order valence-corrected chi connectivity index (χ1v) is 11.3. The van der Waals surface area contributed by atoms with Crippen LogP contribution in [0, 0.1) is 34.1 Å². The highest BCUT2D eigenvalue weighted by atomic mass is 32.2. The Bertz CT molecular complexity index is 1300. The van der Waals surface area contributed by atoms with Gasteiger partial charge >= 0.3 is 0 Å². The van der Waals surface area contributed by atoms with Crippen LogP contribution in [-0.4, -0.2) is 46.5 Å². The van der Waals surface area contributed by atoms with Crippen LogP contribution >= 0.6 is 0 Å². The first-order valence-electron chi connectivity index (χ1n) is 9.77. The van der Waals surface area contributed by atoms with Crippen molar-refractivity contribution in [2.24, 2.45) is 0 Å². The third-order valence-electron chi connectivity index (χ3n) is 4.59. The van der Waals surface area contributed by atoms with E-state index in [4.69, 9.17) is 0 Å². The number of hydrogen-bond acceptors (Lipinski definition) is 11. The van der Waals surface area contributed by atoms with E-state index in [0.717, 1.165) is 17.7 Å². The molecule has 0 atom stereocenters. The molecule has 0 fully saturated rings. The first-order chi connectivity index (χ1) is 16.1. The quantitative estimate of drug-likeness (QED) is 0.215. The molecule has 0 bridgehead atoms. The number of aromatic nitrogens is 3. The van der Waals surface area contributed by atoms with Gasteiger partial charge < -0.3 is 10.6 Å². The fourth-order valence-corrected chi connectivity index (χ4v) is 3.95. The Balaban J connectivity index is 1.60. The van der Waals surface area contributed by atoms with E-state index in [2.05, 4.69) is 30.5 Å². The number of benzene rings is 1. The molecule has 0 radical (unpaired) electrons. The Kier molecular flexibility index (Phi) is 7.28. The molecule has 178 valence electrons. The molecule has 15 heteroatoms. The van der Waals surface area contributed by atoms with Gasteiger partial charge in [0.2, 0.25) is 10.0 Å². The summed E-state index contributed by atoms with van der Waals surface area (Å²) in [7, 11) is -4.24. The zero-order valence-electron chi connectivity index (χ0n) is 18.0. The third-order valence-corrected chi connectivity index (χ3v) is 6.03. The Labute approximate surface area is 193 Å². The summed E-state index contributed by atoms with van der Waals surface area (Å²) in [5.41, 5.74) is -0.513. The van der Waals surface area contributed by atoms with Crippen molar-refractivity contribution in [2.75, 3.05) is 23.7 Å². The van der Waals surface area contributed by atoms with Gasteiger partial charge in [-0.25, -0.2) is 18.1 Å². The van der Waals surface area contributed by atoms with Crippen molar-refractivity contribution in [3.63, 3.8) is 0 Å². The molecule has 14 nitrogen and oxygen atoms in total. The van der Waals surface area contributed by atoms with Crippen molar-refractivity contribution in [3.05, 3.63) is 74.0 Å². The molecule has 3 aromatic rings. The molecular weight excluding hydrogens is 468 g/mol. The number of nitrogens with one attached hydrogen (secondary N) is 3. The molecule has 1 aromatic carbocycles. The molecule has 0 saturated carbocycles. The van der Waals surface area contributed by atoms with Crippen molar-refractivity contribution in [1.82, 2.24) is 19.9 Å². The molecule has 0 amide bonds. The molecule has 0 unspecified atom stereocenters. The molecule has 2 heterocycles. The zero-order chi connectivity index (χ0) is 24.9. The van der Waals surface area contributed by atoms with Crippen LogP contribution in [0.4, 0.5) is 28.8 Å². The largest absolute Gasteiger partial charge is 0.367 e. The highest BCUT2D eigenvalue weighted by Crippen LogP contribution is 2.31. The molecule has 3 rings (SSSR count). The number of rotatable bonds is 10. The summed E-state index contributed by atoms with van der Waals surface area (Å²) in [6.45, 7) is 3.10. The minimum atomic E-state index is -4.24. The van der Waals surface area contributed by atoms with Gasteiger partial charge in [0.25, 0.3) is 11.4 Å². The summed E-state index contributed by atoms with van der Waals surface area (Å²) >= 11 is 0. The van der Waals surface area contributed by atoms with Crippen LogP contribution < -0.4 is 15.4 Å². The number of nitro benzene ring substituents is 2. The number of nitro groups is 2. The van der Waals surface area contributed by atoms with E-state index >= 15 is 0 Å². The standard InChI is InChI=1S/C19H20N8O6S/c1-12-5-6-20-19(9-12)23-18-4-3-17(24-25-18)21-7-8-22-34(32,33)14-10-15(26(28)29)13(2)16(11-14)27(30)31/h3-6,9-11,22H,7-8H2,1-2H3,(H,21,24)(H,20,23,25). The SMILES string of the molecule is Cc1ccnc(Nc2ccc(NCCNS(=O)(=O)c3cc([N+](=O)[O-])c(C)c([N+](=O)[O-])c3)nn2)c1. The fraction of sp³-hybridized carbons (Fsp3) is 0.211. The first kappa shape index (κ1) is 24.4. The summed E-state index contributed by atoms with van der Waals surface area (Å²) in [5, 5.41) is 36.2. The predicted octanol–water partition coefficient (Wildman–Crippen LogP) is 2.44. The van der Waals surface area contributed by atoms with Gasteiger partial charge in [0.05, 0.1) is 14.7 Å². The summed E-state index contributed by atoms with van der Waals surface area (Å²) in [6.07, 6.45) is 1.66. The molecule has 0 spiro atoms. The summed E-state index contributed by atoms with van der Waals surface area (Å²) in [6, 6.07) is 8.58. The lowest BCUT2D eigenvalue weighted by Crippen LogP contribution is -2.29. The average molecular weight is 488 g/mol. The second kappa shape index (κ2) is 10.1. The Hall–Kier alpha value is -4.24. The lowest BCUT2D eigenvalue weighted by atomic mass is 10.1. The van der Waals surface area contributed by atoms with Crippen molar-refractivity contribution >= 4 is 38.9 Å². The molecule has 3 N–H and O–H groups in total. The van der Waals surface area contributed by atoms with Crippen LogP contribution in [0.15, 0.2) is 47.5 Å². The van der Waals surface area contributed by atoms with Crippen LogP contribution in [-0.2, 0) is 10.0 Å². The normalized spacial score (nSPS) is 11.1. The van der Waals surface area contributed by atoms with Gasteiger partial charge in [-0.1, -0.05) is 0 Å². The molecule has 0 aliphatic rings. The monoisotopic (exact) mass is 488 g/mol. The van der Waals surface area contributed by atoms with E-state index in [-0.39, 0.29) is 18.7 Å². The van der Waals surface area contributed by atoms with Crippen LogP contribution in [0.1, 0.15) is 11.1 Å². The molecular formula is C19H20N8O6S. The Morgan fingerprint density at radius 2 is 1.50 bits per heavy atom. The van der Waals surface area contributed by atoms with Crippen LogP contribution in [0.25, 0.3) is 0 Å². The smallest absolute Gasteiger partial charge is 0.280 e. The van der Waals surface area contributed by atoms with Crippen molar-refractivity contribution in [1.29, 1.82) is 0 Å². The van der Waals surface area contributed by atoms with E-state index in [9.17, 15) is 28.6 Å². The minimum Gasteiger partial charge on any atom is -0.367 e. The number of pyridine rings is 1.